The van der Waals surface area contributed by atoms with Gasteiger partial charge < -0.3 is 10.5 Å². The molecule has 1 heterocycles. The fourth-order valence-electron chi connectivity index (χ4n) is 1.50. The Morgan fingerprint density at radius 3 is 2.92 bits per heavy atom. The highest BCUT2D eigenvalue weighted by Gasteiger charge is 2.19. The number of rotatable bonds is 3. The van der Waals surface area contributed by atoms with Crippen molar-refractivity contribution in [3.63, 3.8) is 0 Å². The van der Waals surface area contributed by atoms with Crippen LogP contribution in [0, 0.1) is 5.92 Å². The maximum absolute atomic E-state index is 10.7. The molecule has 0 aromatic carbocycles. The largest absolute Gasteiger partial charge is 0.378 e. The van der Waals surface area contributed by atoms with Crippen LogP contribution in [-0.4, -0.2) is 18.6 Å². The minimum atomic E-state index is -0.218. The molecule has 0 aromatic heterocycles. The standard InChI is InChI=1S/C9H17NO2/c1-7(9(10)11)6-8-4-2-3-5-12-8/h7-8H,2-6H2,1H3,(H2,10,11)/t7?,8-/m0/s1. The van der Waals surface area contributed by atoms with E-state index in [1.54, 1.807) is 0 Å². The second kappa shape index (κ2) is 4.45. The van der Waals surface area contributed by atoms with Crippen molar-refractivity contribution in [3.8, 4) is 0 Å². The van der Waals surface area contributed by atoms with E-state index in [1.165, 1.54) is 6.42 Å². The van der Waals surface area contributed by atoms with Crippen LogP contribution < -0.4 is 5.73 Å². The molecule has 1 unspecified atom stereocenters. The monoisotopic (exact) mass is 171 g/mol. The summed E-state index contributed by atoms with van der Waals surface area (Å²) in [6.07, 6.45) is 4.51. The van der Waals surface area contributed by atoms with Crippen molar-refractivity contribution in [1.29, 1.82) is 0 Å². The van der Waals surface area contributed by atoms with Gasteiger partial charge in [-0.15, -0.1) is 0 Å². The van der Waals surface area contributed by atoms with Gasteiger partial charge in [-0.25, -0.2) is 0 Å². The lowest BCUT2D eigenvalue weighted by atomic mass is 9.98. The van der Waals surface area contributed by atoms with Crippen molar-refractivity contribution in [2.75, 3.05) is 6.61 Å². The lowest BCUT2D eigenvalue weighted by Gasteiger charge is -2.24. The predicted octanol–water partition coefficient (Wildman–Crippen LogP) is 1.07. The molecule has 3 nitrogen and oxygen atoms in total. The van der Waals surface area contributed by atoms with Gasteiger partial charge in [0, 0.05) is 12.5 Å². The van der Waals surface area contributed by atoms with Crippen molar-refractivity contribution in [3.05, 3.63) is 0 Å². The number of amides is 1. The first-order valence-electron chi connectivity index (χ1n) is 4.61. The number of carbonyl (C=O) groups is 1. The van der Waals surface area contributed by atoms with Gasteiger partial charge in [-0.2, -0.15) is 0 Å². The summed E-state index contributed by atoms with van der Waals surface area (Å²) in [6.45, 7) is 2.70. The summed E-state index contributed by atoms with van der Waals surface area (Å²) >= 11 is 0. The zero-order valence-electron chi connectivity index (χ0n) is 7.58. The van der Waals surface area contributed by atoms with E-state index < -0.39 is 0 Å². The van der Waals surface area contributed by atoms with E-state index in [2.05, 4.69) is 0 Å². The summed E-state index contributed by atoms with van der Waals surface area (Å²) in [7, 11) is 0. The smallest absolute Gasteiger partial charge is 0.220 e. The highest BCUT2D eigenvalue weighted by molar-refractivity contribution is 5.76. The van der Waals surface area contributed by atoms with E-state index in [0.717, 1.165) is 25.9 Å². The van der Waals surface area contributed by atoms with Crippen LogP contribution in [0.4, 0.5) is 0 Å². The first-order chi connectivity index (χ1) is 5.70. The molecule has 0 bridgehead atoms. The van der Waals surface area contributed by atoms with Crippen LogP contribution in [-0.2, 0) is 9.53 Å². The van der Waals surface area contributed by atoms with E-state index in [9.17, 15) is 4.79 Å². The van der Waals surface area contributed by atoms with Crippen molar-refractivity contribution in [2.45, 2.75) is 38.7 Å². The Bertz CT molecular complexity index is 153. The molecular weight excluding hydrogens is 154 g/mol. The zero-order valence-corrected chi connectivity index (χ0v) is 7.58. The number of carbonyl (C=O) groups excluding carboxylic acids is 1. The first-order valence-corrected chi connectivity index (χ1v) is 4.61. The third-order valence-corrected chi connectivity index (χ3v) is 2.38. The Hall–Kier alpha value is -0.570. The van der Waals surface area contributed by atoms with Gasteiger partial charge in [0.25, 0.3) is 0 Å². The molecule has 1 fully saturated rings. The van der Waals surface area contributed by atoms with Crippen LogP contribution >= 0.6 is 0 Å². The maximum atomic E-state index is 10.7. The Balaban J connectivity index is 2.24. The van der Waals surface area contributed by atoms with Gasteiger partial charge in [0.05, 0.1) is 6.10 Å². The lowest BCUT2D eigenvalue weighted by molar-refractivity contribution is -0.122. The summed E-state index contributed by atoms with van der Waals surface area (Å²) in [5.74, 6) is -0.266. The molecule has 1 rings (SSSR count). The molecule has 12 heavy (non-hydrogen) atoms. The molecular formula is C9H17NO2. The third-order valence-electron chi connectivity index (χ3n) is 2.38. The molecule has 1 saturated heterocycles. The average molecular weight is 171 g/mol. The Kier molecular flexibility index (Phi) is 3.53. The topological polar surface area (TPSA) is 52.3 Å². The van der Waals surface area contributed by atoms with E-state index >= 15 is 0 Å². The van der Waals surface area contributed by atoms with E-state index in [4.69, 9.17) is 10.5 Å². The molecule has 0 aromatic rings. The number of hydrogen-bond donors (Lipinski definition) is 1. The van der Waals surface area contributed by atoms with Crippen LogP contribution in [0.3, 0.4) is 0 Å². The lowest BCUT2D eigenvalue weighted by Crippen LogP contribution is -2.28. The number of ether oxygens (including phenoxy) is 1. The number of primary amides is 1. The van der Waals surface area contributed by atoms with Crippen LogP contribution in [0.15, 0.2) is 0 Å². The Morgan fingerprint density at radius 1 is 1.67 bits per heavy atom. The van der Waals surface area contributed by atoms with Crippen molar-refractivity contribution in [1.82, 2.24) is 0 Å². The average Bonchev–Trinajstić information content (AvgIpc) is 2.06. The molecule has 0 radical (unpaired) electrons. The SMILES string of the molecule is CC(C[C@@H]1CCCCO1)C(N)=O. The fourth-order valence-corrected chi connectivity index (χ4v) is 1.50. The van der Waals surface area contributed by atoms with E-state index in [-0.39, 0.29) is 17.9 Å². The van der Waals surface area contributed by atoms with Crippen LogP contribution in [0.1, 0.15) is 32.6 Å². The third kappa shape index (κ3) is 2.81. The van der Waals surface area contributed by atoms with Gasteiger partial charge in [0.15, 0.2) is 0 Å². The number of hydrogen-bond acceptors (Lipinski definition) is 2. The van der Waals surface area contributed by atoms with Crippen molar-refractivity contribution >= 4 is 5.91 Å². The molecule has 1 aliphatic heterocycles. The molecule has 2 N–H and O–H groups in total. The fraction of sp³-hybridized carbons (Fsp3) is 0.889. The summed E-state index contributed by atoms with van der Waals surface area (Å²) < 4.78 is 5.49. The molecule has 2 atom stereocenters. The summed E-state index contributed by atoms with van der Waals surface area (Å²) in [6, 6.07) is 0. The van der Waals surface area contributed by atoms with Crippen LogP contribution in [0.25, 0.3) is 0 Å². The summed E-state index contributed by atoms with van der Waals surface area (Å²) in [5.41, 5.74) is 5.16. The summed E-state index contributed by atoms with van der Waals surface area (Å²) in [5, 5.41) is 0. The highest BCUT2D eigenvalue weighted by atomic mass is 16.5. The molecule has 1 amide bonds. The van der Waals surface area contributed by atoms with Gasteiger partial charge in [-0.1, -0.05) is 6.92 Å². The number of nitrogens with two attached hydrogens (primary N) is 1. The Morgan fingerprint density at radius 2 is 2.42 bits per heavy atom. The normalized spacial score (nSPS) is 26.6. The molecule has 3 heteroatoms. The molecule has 0 saturated carbocycles. The maximum Gasteiger partial charge on any atom is 0.220 e. The van der Waals surface area contributed by atoms with Gasteiger partial charge in [0.1, 0.15) is 0 Å². The van der Waals surface area contributed by atoms with Crippen LogP contribution in [0.2, 0.25) is 0 Å². The van der Waals surface area contributed by atoms with Crippen LogP contribution in [0.5, 0.6) is 0 Å². The second-order valence-electron chi connectivity index (χ2n) is 3.53. The first kappa shape index (κ1) is 9.52. The molecule has 0 aliphatic carbocycles. The molecule has 0 spiro atoms. The second-order valence-corrected chi connectivity index (χ2v) is 3.53. The van der Waals surface area contributed by atoms with E-state index in [0.29, 0.717) is 0 Å². The quantitative estimate of drug-likeness (QED) is 0.690. The highest BCUT2D eigenvalue weighted by Crippen LogP contribution is 2.19. The van der Waals surface area contributed by atoms with E-state index in [1.807, 2.05) is 6.92 Å². The zero-order chi connectivity index (χ0) is 8.97. The predicted molar refractivity (Wildman–Crippen MR) is 46.6 cm³/mol. The molecule has 1 aliphatic rings. The van der Waals surface area contributed by atoms with Gasteiger partial charge in [-0.05, 0) is 25.7 Å². The van der Waals surface area contributed by atoms with Gasteiger partial charge in [0.2, 0.25) is 5.91 Å². The Labute approximate surface area is 73.3 Å². The minimum absolute atomic E-state index is 0.0481. The molecule has 70 valence electrons. The van der Waals surface area contributed by atoms with Crippen molar-refractivity contribution in [2.24, 2.45) is 11.7 Å². The van der Waals surface area contributed by atoms with Crippen molar-refractivity contribution < 1.29 is 9.53 Å². The minimum Gasteiger partial charge on any atom is -0.378 e. The van der Waals surface area contributed by atoms with Gasteiger partial charge in [-0.3, -0.25) is 4.79 Å². The van der Waals surface area contributed by atoms with Gasteiger partial charge >= 0.3 is 0 Å². The summed E-state index contributed by atoms with van der Waals surface area (Å²) in [4.78, 5) is 10.7.